The fourth-order valence-corrected chi connectivity index (χ4v) is 6.11. The monoisotopic (exact) mass is 525 g/mol. The third-order valence-electron chi connectivity index (χ3n) is 8.44. The van der Waals surface area contributed by atoms with E-state index in [-0.39, 0.29) is 0 Å². The molecule has 2 aromatic heterocycles. The predicted octanol–water partition coefficient (Wildman–Crippen LogP) is 5.21. The van der Waals surface area contributed by atoms with Crippen LogP contribution in [0.3, 0.4) is 0 Å². The minimum atomic E-state index is 0.555. The standard InChI is InChI=1S/C31H39N7O/c1-21-17-27(34-31-33-19-22(2)30(35-31)25-20-32-26-8-6-5-7-24(25)26)29(39-4)18-28(21)38-11-9-23(10-12-38)37-15-13-36(3)14-16-37/h5-8,17-20,23,32H,9-16H2,1-4H3,(H,33,34,35). The number of nitrogens with zero attached hydrogens (tertiary/aromatic N) is 5. The summed E-state index contributed by atoms with van der Waals surface area (Å²) in [5.74, 6) is 1.36. The lowest BCUT2D eigenvalue weighted by atomic mass is 10.0. The third kappa shape index (κ3) is 5.18. The number of benzene rings is 2. The Labute approximate surface area is 231 Å². The number of aryl methyl sites for hydroxylation is 2. The van der Waals surface area contributed by atoms with Crippen LogP contribution in [-0.2, 0) is 0 Å². The molecule has 6 rings (SSSR count). The molecule has 2 fully saturated rings. The van der Waals surface area contributed by atoms with Gasteiger partial charge in [0.2, 0.25) is 5.95 Å². The van der Waals surface area contributed by atoms with Crippen LogP contribution in [0.1, 0.15) is 24.0 Å². The number of fused-ring (bicyclic) bond motifs is 1. The number of H-pyrrole nitrogens is 1. The fourth-order valence-electron chi connectivity index (χ4n) is 6.11. The van der Waals surface area contributed by atoms with Gasteiger partial charge in [-0.25, -0.2) is 9.97 Å². The van der Waals surface area contributed by atoms with Crippen molar-refractivity contribution in [3.05, 3.63) is 59.9 Å². The Balaban J connectivity index is 1.20. The lowest BCUT2D eigenvalue weighted by Crippen LogP contribution is -2.52. The summed E-state index contributed by atoms with van der Waals surface area (Å²) in [5, 5.41) is 4.59. The zero-order valence-electron chi connectivity index (χ0n) is 23.5. The predicted molar refractivity (Wildman–Crippen MR) is 159 cm³/mol. The number of ether oxygens (including phenoxy) is 1. The Hall–Kier alpha value is -3.62. The van der Waals surface area contributed by atoms with Gasteiger partial charge in [0.15, 0.2) is 0 Å². The quantitative estimate of drug-likeness (QED) is 0.358. The second-order valence-electron chi connectivity index (χ2n) is 11.0. The van der Waals surface area contributed by atoms with Gasteiger partial charge in [0, 0.05) is 85.9 Å². The van der Waals surface area contributed by atoms with Crippen LogP contribution >= 0.6 is 0 Å². The van der Waals surface area contributed by atoms with Crippen molar-refractivity contribution in [1.82, 2.24) is 24.8 Å². The topological polar surface area (TPSA) is 72.6 Å². The van der Waals surface area contributed by atoms with Crippen LogP contribution in [0, 0.1) is 13.8 Å². The van der Waals surface area contributed by atoms with Crippen LogP contribution in [0.2, 0.25) is 0 Å². The molecule has 8 heteroatoms. The summed E-state index contributed by atoms with van der Waals surface area (Å²) in [7, 11) is 3.95. The van der Waals surface area contributed by atoms with E-state index in [4.69, 9.17) is 9.72 Å². The van der Waals surface area contributed by atoms with Gasteiger partial charge >= 0.3 is 0 Å². The summed E-state index contributed by atoms with van der Waals surface area (Å²) in [5.41, 5.74) is 7.47. The van der Waals surface area contributed by atoms with Crippen LogP contribution in [0.5, 0.6) is 5.75 Å². The highest BCUT2D eigenvalue weighted by Gasteiger charge is 2.27. The van der Waals surface area contributed by atoms with Gasteiger partial charge < -0.3 is 24.8 Å². The minimum Gasteiger partial charge on any atom is -0.494 e. The molecule has 0 saturated carbocycles. The van der Waals surface area contributed by atoms with Crippen LogP contribution in [-0.4, -0.2) is 84.2 Å². The molecule has 4 heterocycles. The Morgan fingerprint density at radius 1 is 0.974 bits per heavy atom. The maximum Gasteiger partial charge on any atom is 0.227 e. The lowest BCUT2D eigenvalue weighted by molar-refractivity contribution is 0.0982. The summed E-state index contributed by atoms with van der Waals surface area (Å²) >= 11 is 0. The maximum atomic E-state index is 5.85. The number of piperidine rings is 1. The first-order valence-electron chi connectivity index (χ1n) is 14.0. The largest absolute Gasteiger partial charge is 0.494 e. The van der Waals surface area contributed by atoms with Crippen molar-refractivity contribution >= 4 is 28.2 Å². The van der Waals surface area contributed by atoms with Crippen molar-refractivity contribution < 1.29 is 4.74 Å². The van der Waals surface area contributed by atoms with Crippen molar-refractivity contribution in [2.75, 3.05) is 63.6 Å². The Morgan fingerprint density at radius 3 is 2.51 bits per heavy atom. The number of methoxy groups -OCH3 is 1. The smallest absolute Gasteiger partial charge is 0.227 e. The molecule has 0 aliphatic carbocycles. The molecular formula is C31H39N7O. The summed E-state index contributed by atoms with van der Waals surface area (Å²) < 4.78 is 5.85. The molecule has 2 aliphatic rings. The van der Waals surface area contributed by atoms with E-state index in [2.05, 4.69) is 74.3 Å². The second kappa shape index (κ2) is 10.9. The number of aromatic nitrogens is 3. The molecule has 2 aliphatic heterocycles. The maximum absolute atomic E-state index is 5.85. The molecule has 0 amide bonds. The summed E-state index contributed by atoms with van der Waals surface area (Å²) in [6.45, 7) is 11.1. The lowest BCUT2D eigenvalue weighted by Gasteiger charge is -2.43. The highest BCUT2D eigenvalue weighted by Crippen LogP contribution is 2.37. The number of para-hydroxylation sites is 1. The zero-order valence-corrected chi connectivity index (χ0v) is 23.5. The zero-order chi connectivity index (χ0) is 26.9. The minimum absolute atomic E-state index is 0.555. The average molecular weight is 526 g/mol. The van der Waals surface area contributed by atoms with E-state index in [1.807, 2.05) is 25.4 Å². The molecule has 2 saturated heterocycles. The van der Waals surface area contributed by atoms with Crippen molar-refractivity contribution in [3.63, 3.8) is 0 Å². The molecule has 204 valence electrons. The van der Waals surface area contributed by atoms with Crippen molar-refractivity contribution in [2.24, 2.45) is 0 Å². The summed E-state index contributed by atoms with van der Waals surface area (Å²) in [6.07, 6.45) is 6.32. The molecule has 0 radical (unpaired) electrons. The van der Waals surface area contributed by atoms with E-state index in [9.17, 15) is 0 Å². The van der Waals surface area contributed by atoms with Gasteiger partial charge in [-0.2, -0.15) is 0 Å². The Morgan fingerprint density at radius 2 is 1.74 bits per heavy atom. The molecule has 0 spiro atoms. The van der Waals surface area contributed by atoms with Gasteiger partial charge in [0.05, 0.1) is 18.5 Å². The molecule has 2 aromatic carbocycles. The van der Waals surface area contributed by atoms with E-state index in [1.54, 1.807) is 7.11 Å². The van der Waals surface area contributed by atoms with Crippen molar-refractivity contribution in [3.8, 4) is 17.0 Å². The number of anilines is 3. The number of rotatable bonds is 6. The third-order valence-corrected chi connectivity index (χ3v) is 8.44. The van der Waals surface area contributed by atoms with Crippen LogP contribution in [0.25, 0.3) is 22.2 Å². The molecular weight excluding hydrogens is 486 g/mol. The van der Waals surface area contributed by atoms with Gasteiger partial charge in [-0.3, -0.25) is 4.90 Å². The SMILES string of the molecule is COc1cc(N2CCC(N3CCN(C)CC3)CC2)c(C)cc1Nc1ncc(C)c(-c2c[nH]c3ccccc23)n1. The Bertz CT molecular complexity index is 1450. The first kappa shape index (κ1) is 25.6. The molecule has 0 bridgehead atoms. The molecule has 2 N–H and O–H groups in total. The van der Waals surface area contributed by atoms with E-state index in [0.717, 1.165) is 52.3 Å². The number of aromatic amines is 1. The molecule has 4 aromatic rings. The van der Waals surface area contributed by atoms with E-state index < -0.39 is 0 Å². The van der Waals surface area contributed by atoms with Crippen LogP contribution in [0.15, 0.2) is 48.8 Å². The second-order valence-corrected chi connectivity index (χ2v) is 11.0. The fraction of sp³-hybridized carbons (Fsp3) is 0.419. The van der Waals surface area contributed by atoms with Gasteiger partial charge in [0.25, 0.3) is 0 Å². The van der Waals surface area contributed by atoms with Crippen molar-refractivity contribution in [1.29, 1.82) is 0 Å². The first-order chi connectivity index (χ1) is 19.0. The molecule has 0 unspecified atom stereocenters. The Kier molecular flexibility index (Phi) is 7.14. The normalized spacial score (nSPS) is 17.6. The van der Waals surface area contributed by atoms with Crippen molar-refractivity contribution in [2.45, 2.75) is 32.7 Å². The number of piperazine rings is 1. The average Bonchev–Trinajstić information content (AvgIpc) is 3.39. The molecule has 8 nitrogen and oxygen atoms in total. The first-order valence-corrected chi connectivity index (χ1v) is 14.0. The highest BCUT2D eigenvalue weighted by atomic mass is 16.5. The van der Waals surface area contributed by atoms with Gasteiger partial charge in [-0.1, -0.05) is 18.2 Å². The van der Waals surface area contributed by atoms with E-state index in [0.29, 0.717) is 12.0 Å². The number of nitrogens with one attached hydrogen (secondary N) is 2. The van der Waals surface area contributed by atoms with Crippen LogP contribution < -0.4 is 15.0 Å². The van der Waals surface area contributed by atoms with E-state index in [1.165, 1.54) is 50.3 Å². The number of likely N-dealkylation sites (N-methyl/N-ethyl adjacent to an activating group) is 1. The molecule has 39 heavy (non-hydrogen) atoms. The molecule has 0 atom stereocenters. The number of hydrogen-bond donors (Lipinski definition) is 2. The van der Waals surface area contributed by atoms with Gasteiger partial charge in [-0.05, 0) is 57.0 Å². The van der Waals surface area contributed by atoms with Crippen LogP contribution in [0.4, 0.5) is 17.3 Å². The van der Waals surface area contributed by atoms with Gasteiger partial charge in [0.1, 0.15) is 5.75 Å². The highest BCUT2D eigenvalue weighted by molar-refractivity contribution is 5.95. The van der Waals surface area contributed by atoms with E-state index >= 15 is 0 Å². The number of hydrogen-bond acceptors (Lipinski definition) is 7. The summed E-state index contributed by atoms with van der Waals surface area (Å²) in [4.78, 5) is 20.5. The summed E-state index contributed by atoms with van der Waals surface area (Å²) in [6, 6.07) is 13.3. The van der Waals surface area contributed by atoms with Gasteiger partial charge in [-0.15, -0.1) is 0 Å².